The van der Waals surface area contributed by atoms with Gasteiger partial charge in [0.15, 0.2) is 0 Å². The highest BCUT2D eigenvalue weighted by Gasteiger charge is 2.18. The summed E-state index contributed by atoms with van der Waals surface area (Å²) in [6.45, 7) is 7.21. The van der Waals surface area contributed by atoms with Crippen LogP contribution in [0, 0.1) is 0 Å². The van der Waals surface area contributed by atoms with Crippen molar-refractivity contribution < 1.29 is 0 Å². The number of halogens is 1. The largest absolute Gasteiger partial charge is 0.353 e. The summed E-state index contributed by atoms with van der Waals surface area (Å²) in [6, 6.07) is 10.6. The van der Waals surface area contributed by atoms with E-state index < -0.39 is 0 Å². The molecule has 0 spiro atoms. The highest BCUT2D eigenvalue weighted by atomic mass is 35.5. The molecule has 0 unspecified atom stereocenters. The first-order chi connectivity index (χ1) is 11.7. The molecule has 0 amide bonds. The number of piperazine rings is 1. The highest BCUT2D eigenvalue weighted by Crippen LogP contribution is 2.14. The van der Waals surface area contributed by atoms with Gasteiger partial charge in [-0.2, -0.15) is 0 Å². The maximum absolute atomic E-state index is 5.93. The van der Waals surface area contributed by atoms with Gasteiger partial charge < -0.3 is 9.80 Å². The molecule has 6 heteroatoms. The fourth-order valence-electron chi connectivity index (χ4n) is 2.97. The predicted octanol–water partition coefficient (Wildman–Crippen LogP) is 2.38. The Morgan fingerprint density at radius 3 is 2.54 bits per heavy atom. The monoisotopic (exact) mass is 345 g/mol. The summed E-state index contributed by atoms with van der Waals surface area (Å²) >= 11 is 5.93. The normalized spacial score (nSPS) is 15.9. The lowest BCUT2D eigenvalue weighted by atomic mass is 10.2. The number of hydrogen-bond acceptors (Lipinski definition) is 5. The molecule has 2 aromatic rings. The smallest absolute Gasteiger partial charge is 0.149 e. The predicted molar refractivity (Wildman–Crippen MR) is 98.5 cm³/mol. The number of aromatic nitrogens is 2. The van der Waals surface area contributed by atoms with Crippen molar-refractivity contribution >= 4 is 17.4 Å². The summed E-state index contributed by atoms with van der Waals surface area (Å²) in [7, 11) is 2.19. The summed E-state index contributed by atoms with van der Waals surface area (Å²) < 4.78 is 0. The van der Waals surface area contributed by atoms with E-state index in [1.165, 1.54) is 5.56 Å². The first-order valence-electron chi connectivity index (χ1n) is 8.38. The van der Waals surface area contributed by atoms with Crippen LogP contribution in [-0.4, -0.2) is 66.1 Å². The van der Waals surface area contributed by atoms with Gasteiger partial charge in [-0.1, -0.05) is 41.9 Å². The molecule has 2 heterocycles. The van der Waals surface area contributed by atoms with E-state index in [-0.39, 0.29) is 0 Å². The number of anilines is 1. The molecule has 0 aliphatic carbocycles. The van der Waals surface area contributed by atoms with Crippen LogP contribution in [0.3, 0.4) is 0 Å². The third-order valence-corrected chi connectivity index (χ3v) is 4.56. The molecule has 128 valence electrons. The van der Waals surface area contributed by atoms with E-state index >= 15 is 0 Å². The second-order valence-electron chi connectivity index (χ2n) is 6.25. The molecule has 1 aliphatic rings. The molecular formula is C18H24ClN5. The zero-order valence-corrected chi connectivity index (χ0v) is 14.9. The molecule has 1 saturated heterocycles. The average molecular weight is 346 g/mol. The van der Waals surface area contributed by atoms with Crippen LogP contribution in [0.5, 0.6) is 0 Å². The fraction of sp³-hybridized carbons (Fsp3) is 0.444. The van der Waals surface area contributed by atoms with E-state index in [0.717, 1.165) is 51.6 Å². The third kappa shape index (κ3) is 4.90. The van der Waals surface area contributed by atoms with Crippen molar-refractivity contribution in [3.05, 3.63) is 53.4 Å². The molecule has 0 N–H and O–H groups in total. The SMILES string of the molecule is CN(CCN1CCN(c2cncc(Cl)n2)CC1)Cc1ccccc1. The Morgan fingerprint density at radius 1 is 1.08 bits per heavy atom. The molecule has 5 nitrogen and oxygen atoms in total. The van der Waals surface area contributed by atoms with Crippen LogP contribution < -0.4 is 4.90 Å². The molecule has 24 heavy (non-hydrogen) atoms. The quantitative estimate of drug-likeness (QED) is 0.803. The molecule has 0 bridgehead atoms. The second-order valence-corrected chi connectivity index (χ2v) is 6.64. The Labute approximate surface area is 148 Å². The van der Waals surface area contributed by atoms with Crippen molar-refractivity contribution in [3.63, 3.8) is 0 Å². The molecular weight excluding hydrogens is 322 g/mol. The Kier molecular flexibility index (Phi) is 6.01. The first-order valence-corrected chi connectivity index (χ1v) is 8.76. The van der Waals surface area contributed by atoms with Crippen LogP contribution >= 0.6 is 11.6 Å². The summed E-state index contributed by atoms with van der Waals surface area (Å²) in [5.74, 6) is 0.878. The van der Waals surface area contributed by atoms with E-state index in [1.807, 2.05) is 0 Å². The van der Waals surface area contributed by atoms with Gasteiger partial charge in [0.1, 0.15) is 11.0 Å². The Morgan fingerprint density at radius 2 is 1.83 bits per heavy atom. The van der Waals surface area contributed by atoms with Crippen LogP contribution in [0.4, 0.5) is 5.82 Å². The van der Waals surface area contributed by atoms with E-state index in [1.54, 1.807) is 12.4 Å². The Bertz CT molecular complexity index is 628. The van der Waals surface area contributed by atoms with E-state index in [9.17, 15) is 0 Å². The Balaban J connectivity index is 1.41. The van der Waals surface area contributed by atoms with Crippen molar-refractivity contribution in [2.24, 2.45) is 0 Å². The highest BCUT2D eigenvalue weighted by molar-refractivity contribution is 6.29. The molecule has 3 rings (SSSR count). The van der Waals surface area contributed by atoms with E-state index in [4.69, 9.17) is 11.6 Å². The molecule has 0 saturated carbocycles. The van der Waals surface area contributed by atoms with Gasteiger partial charge >= 0.3 is 0 Å². The number of hydrogen-bond donors (Lipinski definition) is 0. The lowest BCUT2D eigenvalue weighted by Gasteiger charge is -2.35. The number of likely N-dealkylation sites (N-methyl/N-ethyl adjacent to an activating group) is 1. The first kappa shape index (κ1) is 17.1. The maximum atomic E-state index is 5.93. The average Bonchev–Trinajstić information content (AvgIpc) is 2.61. The molecule has 1 aliphatic heterocycles. The Hall–Kier alpha value is -1.69. The summed E-state index contributed by atoms with van der Waals surface area (Å²) in [6.07, 6.45) is 3.36. The van der Waals surface area contributed by atoms with Crippen molar-refractivity contribution in [1.82, 2.24) is 19.8 Å². The lowest BCUT2D eigenvalue weighted by molar-refractivity contribution is 0.212. The summed E-state index contributed by atoms with van der Waals surface area (Å²) in [4.78, 5) is 15.6. The third-order valence-electron chi connectivity index (χ3n) is 4.38. The van der Waals surface area contributed by atoms with Gasteiger partial charge in [0, 0.05) is 45.8 Å². The van der Waals surface area contributed by atoms with Crippen LogP contribution in [0.25, 0.3) is 0 Å². The minimum atomic E-state index is 0.456. The topological polar surface area (TPSA) is 35.5 Å². The van der Waals surface area contributed by atoms with Crippen LogP contribution in [0.1, 0.15) is 5.56 Å². The van der Waals surface area contributed by atoms with E-state index in [0.29, 0.717) is 5.15 Å². The van der Waals surface area contributed by atoms with Gasteiger partial charge in [0.05, 0.1) is 12.4 Å². The van der Waals surface area contributed by atoms with Gasteiger partial charge in [0.25, 0.3) is 0 Å². The van der Waals surface area contributed by atoms with Crippen LogP contribution in [0.15, 0.2) is 42.7 Å². The summed E-state index contributed by atoms with van der Waals surface area (Å²) in [5, 5.41) is 0.456. The van der Waals surface area contributed by atoms with Gasteiger partial charge in [0.2, 0.25) is 0 Å². The van der Waals surface area contributed by atoms with Crippen molar-refractivity contribution in [2.45, 2.75) is 6.54 Å². The standard InChI is InChI=1S/C18H24ClN5/c1-22(15-16-5-3-2-4-6-16)7-8-23-9-11-24(12-10-23)18-14-20-13-17(19)21-18/h2-6,13-14H,7-12,15H2,1H3. The fourth-order valence-corrected chi connectivity index (χ4v) is 3.11. The van der Waals surface area contributed by atoms with Crippen molar-refractivity contribution in [3.8, 4) is 0 Å². The second kappa shape index (κ2) is 8.42. The summed E-state index contributed by atoms with van der Waals surface area (Å²) in [5.41, 5.74) is 1.37. The molecule has 1 aromatic heterocycles. The minimum Gasteiger partial charge on any atom is -0.353 e. The lowest BCUT2D eigenvalue weighted by Crippen LogP contribution is -2.48. The van der Waals surface area contributed by atoms with Gasteiger partial charge in [-0.05, 0) is 12.6 Å². The minimum absolute atomic E-state index is 0.456. The van der Waals surface area contributed by atoms with Crippen LogP contribution in [0.2, 0.25) is 5.15 Å². The maximum Gasteiger partial charge on any atom is 0.149 e. The molecule has 1 fully saturated rings. The van der Waals surface area contributed by atoms with Crippen molar-refractivity contribution in [1.29, 1.82) is 0 Å². The van der Waals surface area contributed by atoms with Crippen LogP contribution in [-0.2, 0) is 6.54 Å². The van der Waals surface area contributed by atoms with Crippen molar-refractivity contribution in [2.75, 3.05) is 51.2 Å². The number of benzene rings is 1. The van der Waals surface area contributed by atoms with E-state index in [2.05, 4.69) is 62.0 Å². The number of rotatable bonds is 6. The number of nitrogens with zero attached hydrogens (tertiary/aromatic N) is 5. The molecule has 0 atom stereocenters. The zero-order chi connectivity index (χ0) is 16.8. The van der Waals surface area contributed by atoms with Gasteiger partial charge in [-0.25, -0.2) is 4.98 Å². The van der Waals surface area contributed by atoms with Gasteiger partial charge in [-0.15, -0.1) is 0 Å². The van der Waals surface area contributed by atoms with Gasteiger partial charge in [-0.3, -0.25) is 9.88 Å². The zero-order valence-electron chi connectivity index (χ0n) is 14.1. The molecule has 0 radical (unpaired) electrons. The molecule has 1 aromatic carbocycles.